The molecule has 0 spiro atoms. The third-order valence-corrected chi connectivity index (χ3v) is 1.87. The van der Waals surface area contributed by atoms with Crippen molar-refractivity contribution in [1.29, 1.82) is 0 Å². The summed E-state index contributed by atoms with van der Waals surface area (Å²) in [6.07, 6.45) is 0. The van der Waals surface area contributed by atoms with Gasteiger partial charge in [0.15, 0.2) is 0 Å². The van der Waals surface area contributed by atoms with E-state index in [9.17, 15) is 0 Å². The lowest BCUT2D eigenvalue weighted by molar-refractivity contribution is 0.561. The molecule has 3 nitrogen and oxygen atoms in total. The summed E-state index contributed by atoms with van der Waals surface area (Å²) in [5, 5.41) is 4.37. The fraction of sp³-hybridized carbons (Fsp3) is 0.500. The quantitative estimate of drug-likeness (QED) is 0.718. The third kappa shape index (κ3) is 1.91. The smallest absolute Gasteiger partial charge is 0.127 e. The van der Waals surface area contributed by atoms with Crippen LogP contribution in [0.1, 0.15) is 33.4 Å². The van der Waals surface area contributed by atoms with Crippen LogP contribution in [0.4, 0.5) is 5.82 Å². The van der Waals surface area contributed by atoms with E-state index in [-0.39, 0.29) is 5.41 Å². The number of aromatic nitrogens is 2. The Bertz CT molecular complexity index is 328. The van der Waals surface area contributed by atoms with Gasteiger partial charge in [0.1, 0.15) is 5.82 Å². The molecule has 0 aliphatic carbocycles. The number of nitrogens with two attached hydrogens (primary N) is 1. The molecule has 0 aromatic carbocycles. The van der Waals surface area contributed by atoms with Crippen LogP contribution in [0, 0.1) is 0 Å². The van der Waals surface area contributed by atoms with E-state index in [0.29, 0.717) is 5.82 Å². The summed E-state index contributed by atoms with van der Waals surface area (Å²) < 4.78 is 1.67. The lowest BCUT2D eigenvalue weighted by Crippen LogP contribution is -2.12. The van der Waals surface area contributed by atoms with Crippen LogP contribution in [0.3, 0.4) is 0 Å². The Kier molecular flexibility index (Phi) is 2.20. The van der Waals surface area contributed by atoms with Gasteiger partial charge >= 0.3 is 0 Å². The van der Waals surface area contributed by atoms with Crippen molar-refractivity contribution in [2.45, 2.75) is 33.1 Å². The SMILES string of the molecule is C=C(C)n1nc(C(C)(C)C)cc1N. The van der Waals surface area contributed by atoms with Crippen LogP contribution in [0.5, 0.6) is 0 Å². The Morgan fingerprint density at radius 3 is 2.31 bits per heavy atom. The number of anilines is 1. The van der Waals surface area contributed by atoms with Crippen molar-refractivity contribution < 1.29 is 0 Å². The zero-order valence-electron chi connectivity index (χ0n) is 8.76. The van der Waals surface area contributed by atoms with E-state index in [0.717, 1.165) is 11.4 Å². The normalized spacial score (nSPS) is 11.7. The standard InChI is InChI=1S/C10H17N3/c1-7(2)13-9(11)6-8(12-13)10(3,4)5/h6H,1,11H2,2-5H3. The first kappa shape index (κ1) is 9.84. The minimum absolute atomic E-state index is 0.0365. The molecule has 1 aromatic rings. The van der Waals surface area contributed by atoms with Gasteiger partial charge in [-0.05, 0) is 6.92 Å². The van der Waals surface area contributed by atoms with Gasteiger partial charge in [0.2, 0.25) is 0 Å². The molecule has 13 heavy (non-hydrogen) atoms. The van der Waals surface area contributed by atoms with Crippen LogP contribution in [0.2, 0.25) is 0 Å². The van der Waals surface area contributed by atoms with Gasteiger partial charge in [0.05, 0.1) is 5.69 Å². The molecule has 3 heteroatoms. The second kappa shape index (κ2) is 2.91. The Labute approximate surface area is 79.2 Å². The van der Waals surface area contributed by atoms with Crippen molar-refractivity contribution in [3.63, 3.8) is 0 Å². The van der Waals surface area contributed by atoms with Crippen LogP contribution in [0.15, 0.2) is 12.6 Å². The van der Waals surface area contributed by atoms with Crippen molar-refractivity contribution in [3.05, 3.63) is 18.3 Å². The van der Waals surface area contributed by atoms with Gasteiger partial charge in [-0.1, -0.05) is 27.4 Å². The molecule has 1 heterocycles. The largest absolute Gasteiger partial charge is 0.384 e. The zero-order chi connectivity index (χ0) is 10.2. The van der Waals surface area contributed by atoms with E-state index < -0.39 is 0 Å². The highest BCUT2D eigenvalue weighted by molar-refractivity contribution is 5.48. The average Bonchev–Trinajstić information content (AvgIpc) is 2.29. The minimum atomic E-state index is 0.0365. The summed E-state index contributed by atoms with van der Waals surface area (Å²) in [5.74, 6) is 0.650. The number of nitrogen functional groups attached to an aromatic ring is 1. The number of nitrogens with zero attached hydrogens (tertiary/aromatic N) is 2. The van der Waals surface area contributed by atoms with Crippen molar-refractivity contribution in [2.75, 3.05) is 5.73 Å². The Morgan fingerprint density at radius 1 is 1.54 bits per heavy atom. The molecular formula is C10H17N3. The Hall–Kier alpha value is -1.25. The molecule has 2 N–H and O–H groups in total. The predicted molar refractivity (Wildman–Crippen MR) is 56.3 cm³/mol. The van der Waals surface area contributed by atoms with E-state index in [1.165, 1.54) is 0 Å². The van der Waals surface area contributed by atoms with E-state index in [1.54, 1.807) is 4.68 Å². The maximum atomic E-state index is 5.78. The molecule has 0 amide bonds. The fourth-order valence-electron chi connectivity index (χ4n) is 1.07. The molecule has 0 aliphatic rings. The van der Waals surface area contributed by atoms with Crippen LogP contribution in [0.25, 0.3) is 5.70 Å². The fourth-order valence-corrected chi connectivity index (χ4v) is 1.07. The number of allylic oxidation sites excluding steroid dienone is 1. The van der Waals surface area contributed by atoms with Gasteiger partial charge in [0, 0.05) is 17.2 Å². The molecule has 1 rings (SSSR count). The van der Waals surface area contributed by atoms with E-state index >= 15 is 0 Å². The van der Waals surface area contributed by atoms with Crippen LogP contribution in [-0.4, -0.2) is 9.78 Å². The Balaban J connectivity index is 3.17. The summed E-state index contributed by atoms with van der Waals surface area (Å²) in [6, 6.07) is 1.90. The first-order valence-corrected chi connectivity index (χ1v) is 4.34. The molecule has 0 atom stereocenters. The molecule has 0 unspecified atom stereocenters. The summed E-state index contributed by atoms with van der Waals surface area (Å²) in [7, 11) is 0. The van der Waals surface area contributed by atoms with Crippen molar-refractivity contribution in [2.24, 2.45) is 0 Å². The molecule has 0 radical (unpaired) electrons. The minimum Gasteiger partial charge on any atom is -0.384 e. The molecule has 0 fully saturated rings. The lowest BCUT2D eigenvalue weighted by atomic mass is 9.92. The average molecular weight is 179 g/mol. The highest BCUT2D eigenvalue weighted by Gasteiger charge is 2.18. The molecule has 0 bridgehead atoms. The van der Waals surface area contributed by atoms with Crippen LogP contribution >= 0.6 is 0 Å². The third-order valence-electron chi connectivity index (χ3n) is 1.87. The summed E-state index contributed by atoms with van der Waals surface area (Å²) in [6.45, 7) is 12.0. The van der Waals surface area contributed by atoms with Crippen molar-refractivity contribution >= 4 is 11.5 Å². The Morgan fingerprint density at radius 2 is 2.08 bits per heavy atom. The maximum Gasteiger partial charge on any atom is 0.127 e. The highest BCUT2D eigenvalue weighted by atomic mass is 15.3. The number of hydrogen-bond donors (Lipinski definition) is 1. The van der Waals surface area contributed by atoms with E-state index in [2.05, 4.69) is 32.4 Å². The molecule has 0 saturated carbocycles. The highest BCUT2D eigenvalue weighted by Crippen LogP contribution is 2.23. The van der Waals surface area contributed by atoms with Crippen LogP contribution in [-0.2, 0) is 5.41 Å². The molecular weight excluding hydrogens is 162 g/mol. The summed E-state index contributed by atoms with van der Waals surface area (Å²) >= 11 is 0. The lowest BCUT2D eigenvalue weighted by Gasteiger charge is -2.13. The monoisotopic (exact) mass is 179 g/mol. The molecule has 72 valence electrons. The predicted octanol–water partition coefficient (Wildman–Crippen LogP) is 2.25. The summed E-state index contributed by atoms with van der Waals surface area (Å²) in [4.78, 5) is 0. The van der Waals surface area contributed by atoms with E-state index in [4.69, 9.17) is 5.73 Å². The van der Waals surface area contributed by atoms with E-state index in [1.807, 2.05) is 13.0 Å². The molecule has 1 aromatic heterocycles. The second-order valence-electron chi connectivity index (χ2n) is 4.35. The number of rotatable bonds is 1. The first-order valence-electron chi connectivity index (χ1n) is 4.34. The molecule has 0 aliphatic heterocycles. The number of hydrogen-bond acceptors (Lipinski definition) is 2. The van der Waals surface area contributed by atoms with Gasteiger partial charge in [-0.25, -0.2) is 4.68 Å². The van der Waals surface area contributed by atoms with Gasteiger partial charge < -0.3 is 5.73 Å². The van der Waals surface area contributed by atoms with Gasteiger partial charge in [-0.15, -0.1) is 0 Å². The first-order chi connectivity index (χ1) is 5.82. The summed E-state index contributed by atoms with van der Waals surface area (Å²) in [5.41, 5.74) is 7.65. The topological polar surface area (TPSA) is 43.8 Å². The second-order valence-corrected chi connectivity index (χ2v) is 4.35. The zero-order valence-corrected chi connectivity index (χ0v) is 8.76. The molecule has 0 saturated heterocycles. The van der Waals surface area contributed by atoms with Gasteiger partial charge in [0.25, 0.3) is 0 Å². The van der Waals surface area contributed by atoms with Gasteiger partial charge in [-0.2, -0.15) is 5.10 Å². The van der Waals surface area contributed by atoms with Crippen molar-refractivity contribution in [1.82, 2.24) is 9.78 Å². The van der Waals surface area contributed by atoms with Crippen molar-refractivity contribution in [3.8, 4) is 0 Å². The van der Waals surface area contributed by atoms with Crippen LogP contribution < -0.4 is 5.73 Å². The van der Waals surface area contributed by atoms with Gasteiger partial charge in [-0.3, -0.25) is 0 Å². The maximum absolute atomic E-state index is 5.78.